The van der Waals surface area contributed by atoms with E-state index in [1.807, 2.05) is 19.1 Å². The van der Waals surface area contributed by atoms with Crippen LogP contribution in [-0.2, 0) is 6.42 Å². The Morgan fingerprint density at radius 3 is 2.68 bits per heavy atom. The lowest BCUT2D eigenvalue weighted by Crippen LogP contribution is -2.04. The van der Waals surface area contributed by atoms with Crippen LogP contribution in [0.1, 0.15) is 22.8 Å². The third-order valence-electron chi connectivity index (χ3n) is 3.00. The average Bonchev–Trinajstić information content (AvgIpc) is 2.37. The molecule has 0 aliphatic rings. The molecule has 1 atom stereocenters. The first-order valence-corrected chi connectivity index (χ1v) is 7.02. The molecule has 0 heterocycles. The fourth-order valence-electron chi connectivity index (χ4n) is 1.84. The maximum Gasteiger partial charge on any atom is 0.126 e. The Hall–Kier alpha value is -0.900. The molecule has 0 spiro atoms. The van der Waals surface area contributed by atoms with Crippen LogP contribution < -0.4 is 0 Å². The van der Waals surface area contributed by atoms with Gasteiger partial charge in [-0.05, 0) is 47.9 Å². The summed E-state index contributed by atoms with van der Waals surface area (Å²) in [7, 11) is 0. The third kappa shape index (κ3) is 3.56. The van der Waals surface area contributed by atoms with E-state index < -0.39 is 6.10 Å². The van der Waals surface area contributed by atoms with Gasteiger partial charge >= 0.3 is 0 Å². The van der Waals surface area contributed by atoms with Gasteiger partial charge in [0.1, 0.15) is 5.82 Å². The number of rotatable bonds is 3. The Labute approximate surface area is 125 Å². The summed E-state index contributed by atoms with van der Waals surface area (Å²) in [6, 6.07) is 10.1. The Morgan fingerprint density at radius 2 is 2.00 bits per heavy atom. The van der Waals surface area contributed by atoms with Crippen LogP contribution in [0.15, 0.2) is 40.9 Å². The molecule has 2 aromatic carbocycles. The Morgan fingerprint density at radius 1 is 1.26 bits per heavy atom. The van der Waals surface area contributed by atoms with Crippen molar-refractivity contribution in [1.29, 1.82) is 0 Å². The van der Waals surface area contributed by atoms with Crippen molar-refractivity contribution in [1.82, 2.24) is 0 Å². The van der Waals surface area contributed by atoms with Crippen molar-refractivity contribution in [3.8, 4) is 0 Å². The SMILES string of the molecule is Cc1ccc(C(O)Cc2cc(Br)ccc2F)cc1Cl. The molecular formula is C15H13BrClFO. The first-order valence-electron chi connectivity index (χ1n) is 5.85. The van der Waals surface area contributed by atoms with Gasteiger partial charge in [0.05, 0.1) is 6.10 Å². The van der Waals surface area contributed by atoms with Crippen LogP contribution >= 0.6 is 27.5 Å². The highest BCUT2D eigenvalue weighted by Crippen LogP contribution is 2.25. The minimum Gasteiger partial charge on any atom is -0.388 e. The molecule has 2 aromatic rings. The second kappa shape index (κ2) is 6.04. The summed E-state index contributed by atoms with van der Waals surface area (Å²) in [6.45, 7) is 1.90. The Balaban J connectivity index is 2.22. The number of halogens is 3. The number of hydrogen-bond donors (Lipinski definition) is 1. The van der Waals surface area contributed by atoms with Crippen LogP contribution in [0.4, 0.5) is 4.39 Å². The molecule has 0 saturated carbocycles. The maximum absolute atomic E-state index is 13.6. The van der Waals surface area contributed by atoms with Gasteiger partial charge in [-0.3, -0.25) is 0 Å². The van der Waals surface area contributed by atoms with Crippen molar-refractivity contribution in [2.45, 2.75) is 19.4 Å². The highest BCUT2D eigenvalue weighted by atomic mass is 79.9. The molecule has 1 N–H and O–H groups in total. The van der Waals surface area contributed by atoms with E-state index in [2.05, 4.69) is 15.9 Å². The lowest BCUT2D eigenvalue weighted by molar-refractivity contribution is 0.177. The number of aliphatic hydroxyl groups excluding tert-OH is 1. The Bertz CT molecular complexity index is 601. The molecule has 0 fully saturated rings. The molecule has 0 bridgehead atoms. The van der Waals surface area contributed by atoms with Gasteiger partial charge in [0.2, 0.25) is 0 Å². The molecule has 0 aromatic heterocycles. The van der Waals surface area contributed by atoms with E-state index in [0.717, 1.165) is 10.0 Å². The van der Waals surface area contributed by atoms with E-state index >= 15 is 0 Å². The summed E-state index contributed by atoms with van der Waals surface area (Å²) in [6.07, 6.45) is -0.563. The van der Waals surface area contributed by atoms with Crippen molar-refractivity contribution in [3.63, 3.8) is 0 Å². The number of hydrogen-bond acceptors (Lipinski definition) is 1. The smallest absolute Gasteiger partial charge is 0.126 e. The van der Waals surface area contributed by atoms with Gasteiger partial charge < -0.3 is 5.11 Å². The lowest BCUT2D eigenvalue weighted by atomic mass is 10.0. The number of benzene rings is 2. The molecule has 19 heavy (non-hydrogen) atoms. The van der Waals surface area contributed by atoms with Gasteiger partial charge in [0.25, 0.3) is 0 Å². The highest BCUT2D eigenvalue weighted by molar-refractivity contribution is 9.10. The van der Waals surface area contributed by atoms with Crippen LogP contribution in [0.2, 0.25) is 5.02 Å². The van der Waals surface area contributed by atoms with Gasteiger partial charge in [-0.25, -0.2) is 4.39 Å². The van der Waals surface area contributed by atoms with Crippen LogP contribution in [0, 0.1) is 12.7 Å². The van der Waals surface area contributed by atoms with Crippen molar-refractivity contribution in [2.24, 2.45) is 0 Å². The molecule has 0 saturated heterocycles. The molecule has 4 heteroatoms. The zero-order valence-corrected chi connectivity index (χ0v) is 12.7. The van der Waals surface area contributed by atoms with E-state index in [4.69, 9.17) is 11.6 Å². The van der Waals surface area contributed by atoms with E-state index in [1.54, 1.807) is 18.2 Å². The summed E-state index contributed by atoms with van der Waals surface area (Å²) in [5.74, 6) is -0.319. The van der Waals surface area contributed by atoms with E-state index in [0.29, 0.717) is 16.1 Å². The van der Waals surface area contributed by atoms with Gasteiger partial charge in [-0.1, -0.05) is 39.7 Å². The normalized spacial score (nSPS) is 12.5. The summed E-state index contributed by atoms with van der Waals surface area (Å²) >= 11 is 9.32. The summed E-state index contributed by atoms with van der Waals surface area (Å²) in [5.41, 5.74) is 2.11. The van der Waals surface area contributed by atoms with Crippen molar-refractivity contribution in [2.75, 3.05) is 0 Å². The quantitative estimate of drug-likeness (QED) is 0.846. The van der Waals surface area contributed by atoms with E-state index in [-0.39, 0.29) is 12.2 Å². The summed E-state index contributed by atoms with van der Waals surface area (Å²) in [5, 5.41) is 10.8. The van der Waals surface area contributed by atoms with Crippen LogP contribution in [0.3, 0.4) is 0 Å². The fraction of sp³-hybridized carbons (Fsp3) is 0.200. The summed E-state index contributed by atoms with van der Waals surface area (Å²) < 4.78 is 14.4. The number of aryl methyl sites for hydroxylation is 1. The third-order valence-corrected chi connectivity index (χ3v) is 3.90. The zero-order chi connectivity index (χ0) is 14.0. The molecule has 1 nitrogen and oxygen atoms in total. The van der Waals surface area contributed by atoms with Crippen LogP contribution in [-0.4, -0.2) is 5.11 Å². The maximum atomic E-state index is 13.6. The molecular weight excluding hydrogens is 331 g/mol. The summed E-state index contributed by atoms with van der Waals surface area (Å²) in [4.78, 5) is 0. The molecule has 0 aliphatic carbocycles. The van der Waals surface area contributed by atoms with Crippen molar-refractivity contribution in [3.05, 3.63) is 68.4 Å². The molecule has 0 radical (unpaired) electrons. The topological polar surface area (TPSA) is 20.2 Å². The van der Waals surface area contributed by atoms with Crippen LogP contribution in [0.5, 0.6) is 0 Å². The Kier molecular flexibility index (Phi) is 4.61. The largest absolute Gasteiger partial charge is 0.388 e. The standard InChI is InChI=1S/C15H13BrClFO/c1-9-2-3-10(7-13(9)17)15(19)8-11-6-12(16)4-5-14(11)18/h2-7,15,19H,8H2,1H3. The van der Waals surface area contributed by atoms with E-state index in [1.165, 1.54) is 6.07 Å². The first-order chi connectivity index (χ1) is 8.97. The first kappa shape index (κ1) is 14.5. The molecule has 0 amide bonds. The minimum absolute atomic E-state index is 0.213. The lowest BCUT2D eigenvalue weighted by Gasteiger charge is -2.13. The van der Waals surface area contributed by atoms with Gasteiger partial charge in [-0.15, -0.1) is 0 Å². The zero-order valence-electron chi connectivity index (χ0n) is 10.3. The second-order valence-corrected chi connectivity index (χ2v) is 5.79. The molecule has 100 valence electrons. The van der Waals surface area contributed by atoms with E-state index in [9.17, 15) is 9.50 Å². The van der Waals surface area contributed by atoms with Crippen molar-refractivity contribution < 1.29 is 9.50 Å². The van der Waals surface area contributed by atoms with Gasteiger partial charge in [0, 0.05) is 15.9 Å². The van der Waals surface area contributed by atoms with Crippen molar-refractivity contribution >= 4 is 27.5 Å². The number of aliphatic hydroxyl groups is 1. The van der Waals surface area contributed by atoms with Gasteiger partial charge in [-0.2, -0.15) is 0 Å². The van der Waals surface area contributed by atoms with Gasteiger partial charge in [0.15, 0.2) is 0 Å². The predicted octanol–water partition coefficient (Wildman–Crippen LogP) is 4.83. The molecule has 1 unspecified atom stereocenters. The van der Waals surface area contributed by atoms with Crippen LogP contribution in [0.25, 0.3) is 0 Å². The predicted molar refractivity (Wildman–Crippen MR) is 79.0 cm³/mol. The second-order valence-electron chi connectivity index (χ2n) is 4.46. The average molecular weight is 344 g/mol. The fourth-order valence-corrected chi connectivity index (χ4v) is 2.44. The molecule has 2 rings (SSSR count). The minimum atomic E-state index is -0.776. The monoisotopic (exact) mass is 342 g/mol. The highest BCUT2D eigenvalue weighted by Gasteiger charge is 2.13. The molecule has 0 aliphatic heterocycles.